The summed E-state index contributed by atoms with van der Waals surface area (Å²) in [7, 11) is 0. The van der Waals surface area contributed by atoms with Gasteiger partial charge in [-0.2, -0.15) is 26.9 Å². The predicted octanol–water partition coefficient (Wildman–Crippen LogP) is 7.31. The number of carbonyl (C=O) groups excluding carboxylic acids is 1. The van der Waals surface area contributed by atoms with Crippen molar-refractivity contribution in [2.24, 2.45) is 4.99 Å². The number of nitrogens with zero attached hydrogens (tertiary/aromatic N) is 5. The summed E-state index contributed by atoms with van der Waals surface area (Å²) in [6.45, 7) is 5.74. The molecule has 1 atom stereocenters. The number of alkyl halides is 5. The van der Waals surface area contributed by atoms with Gasteiger partial charge in [-0.25, -0.2) is 15.1 Å². The zero-order valence-electron chi connectivity index (χ0n) is 24.8. The second kappa shape index (κ2) is 13.5. The fraction of sp³-hybridized carbons (Fsp3) is 0.233. The number of nitrogens with one attached hydrogen (secondary N) is 2. The molecule has 3 aromatic carbocycles. The number of ether oxygens (including phenoxy) is 1. The number of thiocarbonyl (C=S) groups is 1. The van der Waals surface area contributed by atoms with E-state index in [2.05, 4.69) is 30.7 Å². The third-order valence-corrected chi connectivity index (χ3v) is 8.49. The number of aryl methyl sites for hydroxylation is 1. The van der Waals surface area contributed by atoms with Crippen molar-refractivity contribution < 1.29 is 31.5 Å². The van der Waals surface area contributed by atoms with Gasteiger partial charge in [-0.05, 0) is 80.0 Å². The number of hydrazine groups is 1. The molecule has 9 nitrogen and oxygen atoms in total. The number of aromatic nitrogens is 3. The van der Waals surface area contributed by atoms with Crippen molar-refractivity contribution in [3.8, 4) is 22.8 Å². The van der Waals surface area contributed by atoms with Crippen molar-refractivity contribution in [1.29, 1.82) is 0 Å². The first kappa shape index (κ1) is 34.2. The van der Waals surface area contributed by atoms with E-state index in [0.717, 1.165) is 28.8 Å². The van der Waals surface area contributed by atoms with Crippen LogP contribution in [0.1, 0.15) is 29.7 Å². The minimum Gasteiger partial charge on any atom is -0.426 e. The summed E-state index contributed by atoms with van der Waals surface area (Å²) in [5.41, 5.74) is 10.4. The molecule has 1 saturated heterocycles. The van der Waals surface area contributed by atoms with Gasteiger partial charge in [-0.3, -0.25) is 15.1 Å². The fourth-order valence-electron chi connectivity index (χ4n) is 4.39. The van der Waals surface area contributed by atoms with Gasteiger partial charge in [0.15, 0.2) is 11.0 Å². The van der Waals surface area contributed by atoms with Crippen LogP contribution in [-0.2, 0) is 4.79 Å². The molecule has 1 amide bonds. The maximum Gasteiger partial charge on any atom is 0.499 e. The van der Waals surface area contributed by atoms with E-state index in [9.17, 15) is 26.7 Å². The highest BCUT2D eigenvalue weighted by Gasteiger charge is 2.61. The van der Waals surface area contributed by atoms with Crippen molar-refractivity contribution in [2.75, 3.05) is 10.7 Å². The van der Waals surface area contributed by atoms with E-state index in [1.165, 1.54) is 39.8 Å². The van der Waals surface area contributed by atoms with Crippen LogP contribution in [0.25, 0.3) is 17.1 Å². The molecular formula is C30H25ClF5N7O2S2. The van der Waals surface area contributed by atoms with Crippen LogP contribution in [-0.4, -0.2) is 49.0 Å². The van der Waals surface area contributed by atoms with Gasteiger partial charge in [0, 0.05) is 11.6 Å². The number of halogens is 6. The van der Waals surface area contributed by atoms with Gasteiger partial charge in [0.05, 0.1) is 22.2 Å². The highest BCUT2D eigenvalue weighted by Crippen LogP contribution is 2.38. The number of rotatable bonds is 8. The zero-order chi connectivity index (χ0) is 34.1. The third-order valence-electron chi connectivity index (χ3n) is 7.07. The Kier molecular flexibility index (Phi) is 9.86. The molecule has 2 N–H and O–H groups in total. The van der Waals surface area contributed by atoms with Crippen molar-refractivity contribution in [1.82, 2.24) is 25.6 Å². The maximum absolute atomic E-state index is 13.2. The minimum atomic E-state index is -5.84. The first-order chi connectivity index (χ1) is 22.1. The Bertz CT molecular complexity index is 1830. The molecule has 0 bridgehead atoms. The molecule has 0 aliphatic carbocycles. The van der Waals surface area contributed by atoms with Crippen LogP contribution in [0.2, 0.25) is 5.02 Å². The summed E-state index contributed by atoms with van der Waals surface area (Å²) in [5, 5.41) is 5.35. The second-order valence-electron chi connectivity index (χ2n) is 10.3. The van der Waals surface area contributed by atoms with Gasteiger partial charge in [-0.15, -0.1) is 5.10 Å². The normalized spacial score (nSPS) is 15.3. The number of carbonyl (C=O) groups is 1. The lowest BCUT2D eigenvalue weighted by molar-refractivity contribution is -0.360. The zero-order valence-corrected chi connectivity index (χ0v) is 27.2. The standard InChI is InChI=1S/C30H25ClF5N7O2S2/c1-16-4-13-23(31)25(17(16)2)43-24(44)14-47-28(43)38-27(46)40-39-18(3)19-5-7-20(8-6-19)26-37-15-42(41-26)21-9-11-22(12-10-21)45-30(35,36)29(32,33)34/h4-13,15,18,39H,14H2,1-3H3,(H,40,46)/b38-28-. The molecule has 1 fully saturated rings. The molecule has 4 aromatic rings. The van der Waals surface area contributed by atoms with Gasteiger partial charge in [0.1, 0.15) is 12.1 Å². The topological polar surface area (TPSA) is 96.7 Å². The number of aliphatic imine (C=N–C) groups is 1. The first-order valence-electron chi connectivity index (χ1n) is 13.8. The summed E-state index contributed by atoms with van der Waals surface area (Å²) >= 11 is 13.1. The van der Waals surface area contributed by atoms with E-state index in [0.29, 0.717) is 33.0 Å². The molecular weight excluding hydrogens is 685 g/mol. The molecule has 1 aromatic heterocycles. The number of hydrogen-bond donors (Lipinski definition) is 2. The Morgan fingerprint density at radius 1 is 1.06 bits per heavy atom. The van der Waals surface area contributed by atoms with E-state index in [1.807, 2.05) is 39.0 Å². The SMILES string of the molecule is Cc1ccc(Cl)c(N2C(=O)CS/C2=N\C(=S)NNC(C)c2ccc(-c3ncn(-c4ccc(OC(F)(F)C(F)(F)F)cc4)n3)cc2)c1C. The van der Waals surface area contributed by atoms with E-state index in [1.54, 1.807) is 18.2 Å². The number of anilines is 1. The summed E-state index contributed by atoms with van der Waals surface area (Å²) in [5.74, 6) is -0.238. The number of benzene rings is 3. The van der Waals surface area contributed by atoms with Crippen LogP contribution in [0.15, 0.2) is 72.0 Å². The predicted molar refractivity (Wildman–Crippen MR) is 174 cm³/mol. The quantitative estimate of drug-likeness (QED) is 0.112. The van der Waals surface area contributed by atoms with Crippen LogP contribution in [0, 0.1) is 13.8 Å². The van der Waals surface area contributed by atoms with Crippen LogP contribution in [0.3, 0.4) is 0 Å². The summed E-state index contributed by atoms with van der Waals surface area (Å²) in [4.78, 5) is 22.9. The lowest BCUT2D eigenvalue weighted by Gasteiger charge is -2.21. The summed E-state index contributed by atoms with van der Waals surface area (Å²) < 4.78 is 68.7. The van der Waals surface area contributed by atoms with Crippen LogP contribution in [0.5, 0.6) is 5.75 Å². The van der Waals surface area contributed by atoms with E-state index in [-0.39, 0.29) is 22.8 Å². The molecule has 0 saturated carbocycles. The van der Waals surface area contributed by atoms with Crippen molar-refractivity contribution in [2.45, 2.75) is 39.1 Å². The van der Waals surface area contributed by atoms with Gasteiger partial charge in [-0.1, -0.05) is 53.7 Å². The van der Waals surface area contributed by atoms with Crippen LogP contribution >= 0.6 is 35.6 Å². The van der Waals surface area contributed by atoms with Gasteiger partial charge in [0.2, 0.25) is 11.0 Å². The molecule has 2 heterocycles. The van der Waals surface area contributed by atoms with Crippen LogP contribution < -0.4 is 20.5 Å². The minimum absolute atomic E-state index is 0.125. The van der Waals surface area contributed by atoms with Crippen molar-refractivity contribution >= 4 is 57.5 Å². The summed E-state index contributed by atoms with van der Waals surface area (Å²) in [6, 6.07) is 15.2. The Morgan fingerprint density at radius 3 is 2.40 bits per heavy atom. The number of amides is 1. The maximum atomic E-state index is 13.2. The first-order valence-corrected chi connectivity index (χ1v) is 15.5. The van der Waals surface area contributed by atoms with Gasteiger partial charge >= 0.3 is 12.3 Å². The lowest BCUT2D eigenvalue weighted by atomic mass is 10.1. The summed E-state index contributed by atoms with van der Waals surface area (Å²) in [6.07, 6.45) is -9.78. The Morgan fingerprint density at radius 2 is 1.74 bits per heavy atom. The van der Waals surface area contributed by atoms with Crippen molar-refractivity contribution in [3.63, 3.8) is 0 Å². The molecule has 1 aliphatic rings. The molecule has 1 unspecified atom stereocenters. The number of amidine groups is 1. The number of thioether (sulfide) groups is 1. The molecule has 1 aliphatic heterocycles. The molecule has 47 heavy (non-hydrogen) atoms. The smallest absolute Gasteiger partial charge is 0.426 e. The van der Waals surface area contributed by atoms with E-state index < -0.39 is 18.0 Å². The third kappa shape index (κ3) is 7.56. The second-order valence-corrected chi connectivity index (χ2v) is 12.0. The molecule has 246 valence electrons. The van der Waals surface area contributed by atoms with E-state index >= 15 is 0 Å². The average Bonchev–Trinajstić information content (AvgIpc) is 3.65. The van der Waals surface area contributed by atoms with Gasteiger partial charge in [0.25, 0.3) is 0 Å². The largest absolute Gasteiger partial charge is 0.499 e. The lowest BCUT2D eigenvalue weighted by Crippen LogP contribution is -2.41. The van der Waals surface area contributed by atoms with Crippen LogP contribution in [0.4, 0.5) is 27.6 Å². The molecule has 17 heteroatoms. The van der Waals surface area contributed by atoms with Gasteiger partial charge < -0.3 is 4.74 Å². The average molecular weight is 710 g/mol. The number of hydrogen-bond acceptors (Lipinski definition) is 7. The molecule has 5 rings (SSSR count). The Hall–Kier alpha value is -4.12. The van der Waals surface area contributed by atoms with Crippen molar-refractivity contribution in [3.05, 3.63) is 88.7 Å². The Balaban J connectivity index is 1.20. The molecule has 0 spiro atoms. The monoisotopic (exact) mass is 709 g/mol. The Labute approximate surface area is 280 Å². The molecule has 0 radical (unpaired) electrons. The fourth-order valence-corrected chi connectivity index (χ4v) is 5.74. The van der Waals surface area contributed by atoms with E-state index in [4.69, 9.17) is 23.8 Å². The highest BCUT2D eigenvalue weighted by atomic mass is 35.5. The highest BCUT2D eigenvalue weighted by molar-refractivity contribution is 8.15.